The predicted molar refractivity (Wildman–Crippen MR) is 160 cm³/mol. The van der Waals surface area contributed by atoms with Crippen LogP contribution in [0.3, 0.4) is 0 Å². The second kappa shape index (κ2) is 13.4. The van der Waals surface area contributed by atoms with Crippen LogP contribution in [0.1, 0.15) is 31.2 Å². The standard InChI is InChI=1S/C31H32F6N4O4S/c32-30(33,34)23-4-11-27-22(19-23)3-12-28(39-27)40-14-16-41(17-15-40)29(42)20-45-18-13-21-1-5-24(6-2-21)38-25-7-9-26(10-8-25)46(43,44)31(35,36)37/h3-4,7-13,18-19,21,24,38H,1-2,5-6,14-17,20H2/b18-13+. The maximum atomic E-state index is 13.0. The van der Waals surface area contributed by atoms with Gasteiger partial charge in [0.2, 0.25) is 0 Å². The number of carbonyl (C=O) groups excluding carboxylic acids is 1. The van der Waals surface area contributed by atoms with Gasteiger partial charge in [-0.15, -0.1) is 0 Å². The number of benzene rings is 2. The normalized spacial score (nSPS) is 19.9. The first-order chi connectivity index (χ1) is 21.7. The maximum Gasteiger partial charge on any atom is 0.501 e. The molecule has 1 aliphatic carbocycles. The fraction of sp³-hybridized carbons (Fsp3) is 0.419. The number of hydrogen-bond acceptors (Lipinski definition) is 7. The molecule has 15 heteroatoms. The topological polar surface area (TPSA) is 91.8 Å². The van der Waals surface area contributed by atoms with Crippen molar-refractivity contribution in [1.82, 2.24) is 9.88 Å². The number of nitrogens with zero attached hydrogens (tertiary/aromatic N) is 3. The summed E-state index contributed by atoms with van der Waals surface area (Å²) in [5.74, 6) is 0.723. The molecule has 1 aliphatic heterocycles. The highest BCUT2D eigenvalue weighted by Gasteiger charge is 2.46. The number of anilines is 2. The molecule has 248 valence electrons. The van der Waals surface area contributed by atoms with E-state index in [2.05, 4.69) is 10.3 Å². The molecule has 8 nitrogen and oxygen atoms in total. The summed E-state index contributed by atoms with van der Waals surface area (Å²) < 4.78 is 106. The van der Waals surface area contributed by atoms with Crippen molar-refractivity contribution in [3.05, 3.63) is 72.5 Å². The van der Waals surface area contributed by atoms with Gasteiger partial charge in [0.15, 0.2) is 6.61 Å². The summed E-state index contributed by atoms with van der Waals surface area (Å²) in [5, 5.41) is 3.64. The number of carbonyl (C=O) groups is 1. The fourth-order valence-electron chi connectivity index (χ4n) is 5.59. The Bertz CT molecular complexity index is 1660. The van der Waals surface area contributed by atoms with Gasteiger partial charge in [0.05, 0.1) is 22.2 Å². The summed E-state index contributed by atoms with van der Waals surface area (Å²) in [5.41, 5.74) is -5.07. The van der Waals surface area contributed by atoms with Crippen LogP contribution in [0.5, 0.6) is 0 Å². The number of pyridine rings is 1. The van der Waals surface area contributed by atoms with Crippen LogP contribution in [0.25, 0.3) is 10.9 Å². The molecular weight excluding hydrogens is 638 g/mol. The summed E-state index contributed by atoms with van der Waals surface area (Å²) in [6.45, 7) is 1.85. The Hall–Kier alpha value is -4.01. The van der Waals surface area contributed by atoms with Gasteiger partial charge in [-0.2, -0.15) is 26.3 Å². The number of aromatic nitrogens is 1. The van der Waals surface area contributed by atoms with Gasteiger partial charge in [0.25, 0.3) is 15.7 Å². The Morgan fingerprint density at radius 3 is 2.22 bits per heavy atom. The second-order valence-electron chi connectivity index (χ2n) is 11.3. The molecule has 1 saturated carbocycles. The van der Waals surface area contributed by atoms with E-state index in [4.69, 9.17) is 4.74 Å². The highest BCUT2D eigenvalue weighted by molar-refractivity contribution is 7.92. The number of rotatable bonds is 8. The largest absolute Gasteiger partial charge is 0.501 e. The second-order valence-corrected chi connectivity index (χ2v) is 13.3. The van der Waals surface area contributed by atoms with E-state index in [9.17, 15) is 39.6 Å². The number of halogens is 6. The number of amides is 1. The summed E-state index contributed by atoms with van der Waals surface area (Å²) in [6.07, 6.45) is 2.29. The molecule has 0 bridgehead atoms. The van der Waals surface area contributed by atoms with Crippen molar-refractivity contribution >= 4 is 38.2 Å². The van der Waals surface area contributed by atoms with Crippen LogP contribution in [0, 0.1) is 5.92 Å². The molecule has 3 aromatic rings. The molecular formula is C31H32F6N4O4S. The summed E-state index contributed by atoms with van der Waals surface area (Å²) in [7, 11) is -5.38. The van der Waals surface area contributed by atoms with Crippen LogP contribution in [0.4, 0.5) is 37.8 Å². The molecule has 2 heterocycles. The smallest absolute Gasteiger partial charge is 0.492 e. The molecule has 5 rings (SSSR count). The molecule has 2 aliphatic rings. The number of ether oxygens (including phenoxy) is 1. The Labute approximate surface area is 261 Å². The first-order valence-electron chi connectivity index (χ1n) is 14.7. The number of allylic oxidation sites excluding steroid dienone is 1. The monoisotopic (exact) mass is 670 g/mol. The molecule has 1 saturated heterocycles. The van der Waals surface area contributed by atoms with E-state index in [1.165, 1.54) is 24.5 Å². The van der Waals surface area contributed by atoms with Crippen molar-refractivity contribution in [2.75, 3.05) is 43.0 Å². The minimum Gasteiger partial charge on any atom is -0.492 e. The summed E-state index contributed by atoms with van der Waals surface area (Å²) in [4.78, 5) is 20.1. The number of hydrogen-bond donors (Lipinski definition) is 1. The molecule has 1 N–H and O–H groups in total. The van der Waals surface area contributed by atoms with Crippen molar-refractivity contribution in [2.45, 2.75) is 48.3 Å². The molecule has 2 fully saturated rings. The highest BCUT2D eigenvalue weighted by atomic mass is 32.2. The maximum absolute atomic E-state index is 13.0. The van der Waals surface area contributed by atoms with Gasteiger partial charge < -0.3 is 19.9 Å². The third-order valence-electron chi connectivity index (χ3n) is 8.22. The van der Waals surface area contributed by atoms with Crippen LogP contribution in [0.15, 0.2) is 71.8 Å². The fourth-order valence-corrected chi connectivity index (χ4v) is 6.35. The first-order valence-corrected chi connectivity index (χ1v) is 16.2. The van der Waals surface area contributed by atoms with Crippen molar-refractivity contribution in [3.63, 3.8) is 0 Å². The lowest BCUT2D eigenvalue weighted by Crippen LogP contribution is -2.49. The van der Waals surface area contributed by atoms with Crippen LogP contribution < -0.4 is 10.2 Å². The Balaban J connectivity index is 1.01. The number of alkyl halides is 6. The van der Waals surface area contributed by atoms with Crippen LogP contribution in [0.2, 0.25) is 0 Å². The molecule has 46 heavy (non-hydrogen) atoms. The van der Waals surface area contributed by atoms with Crippen LogP contribution in [-0.2, 0) is 25.5 Å². The SMILES string of the molecule is O=C(CO/C=C/C1CCC(Nc2ccc(S(=O)(=O)C(F)(F)F)cc2)CC1)N1CCN(c2ccc3cc(C(F)(F)F)ccc3n2)CC1. The Morgan fingerprint density at radius 1 is 0.913 bits per heavy atom. The van der Waals surface area contributed by atoms with E-state index < -0.39 is 32.0 Å². The Morgan fingerprint density at radius 2 is 1.59 bits per heavy atom. The quantitative estimate of drug-likeness (QED) is 0.219. The van der Waals surface area contributed by atoms with Crippen molar-refractivity contribution in [3.8, 4) is 0 Å². The van der Waals surface area contributed by atoms with Crippen molar-refractivity contribution < 1.29 is 44.3 Å². The summed E-state index contributed by atoms with van der Waals surface area (Å²) in [6, 6.07) is 11.4. The van der Waals surface area contributed by atoms with Crippen molar-refractivity contribution in [2.24, 2.45) is 5.92 Å². The number of sulfone groups is 1. The summed E-state index contributed by atoms with van der Waals surface area (Å²) >= 11 is 0. The van der Waals surface area contributed by atoms with Gasteiger partial charge in [-0.1, -0.05) is 0 Å². The molecule has 0 radical (unpaired) electrons. The zero-order chi connectivity index (χ0) is 33.1. The molecule has 0 atom stereocenters. The third kappa shape index (κ3) is 7.85. The van der Waals surface area contributed by atoms with Crippen molar-refractivity contribution in [1.29, 1.82) is 0 Å². The van der Waals surface area contributed by atoms with E-state index >= 15 is 0 Å². The average molecular weight is 671 g/mol. The zero-order valence-electron chi connectivity index (χ0n) is 24.5. The minimum absolute atomic E-state index is 0.0861. The zero-order valence-corrected chi connectivity index (χ0v) is 25.3. The lowest BCUT2D eigenvalue weighted by atomic mass is 9.86. The van der Waals surface area contributed by atoms with E-state index in [0.717, 1.165) is 49.9 Å². The van der Waals surface area contributed by atoms with Gasteiger partial charge in [-0.25, -0.2) is 13.4 Å². The lowest BCUT2D eigenvalue weighted by molar-refractivity contribution is -0.137. The van der Waals surface area contributed by atoms with Gasteiger partial charge in [-0.05, 0) is 92.3 Å². The van der Waals surface area contributed by atoms with Gasteiger partial charge >= 0.3 is 11.7 Å². The average Bonchev–Trinajstić information content (AvgIpc) is 3.02. The first kappa shape index (κ1) is 33.4. The van der Waals surface area contributed by atoms with Crippen LogP contribution in [-0.4, -0.2) is 68.5 Å². The number of piperazine rings is 1. The van der Waals surface area contributed by atoms with E-state index in [1.54, 1.807) is 17.0 Å². The minimum atomic E-state index is -5.38. The third-order valence-corrected chi connectivity index (χ3v) is 9.73. The number of fused-ring (bicyclic) bond motifs is 1. The molecule has 2 aromatic carbocycles. The predicted octanol–water partition coefficient (Wildman–Crippen LogP) is 6.40. The van der Waals surface area contributed by atoms with Gasteiger partial charge in [0.1, 0.15) is 5.82 Å². The highest BCUT2D eigenvalue weighted by Crippen LogP contribution is 2.33. The van der Waals surface area contributed by atoms with Crippen LogP contribution >= 0.6 is 0 Å². The lowest BCUT2D eigenvalue weighted by Gasteiger charge is -2.35. The van der Waals surface area contributed by atoms with Gasteiger partial charge in [0, 0.05) is 43.3 Å². The molecule has 1 amide bonds. The van der Waals surface area contributed by atoms with Gasteiger partial charge in [-0.3, -0.25) is 4.79 Å². The number of nitrogens with one attached hydrogen (secondary N) is 1. The molecule has 0 spiro atoms. The molecule has 0 unspecified atom stereocenters. The Kier molecular flexibility index (Phi) is 9.70. The van der Waals surface area contributed by atoms with E-state index in [0.29, 0.717) is 48.6 Å². The molecule has 1 aromatic heterocycles. The van der Waals surface area contributed by atoms with E-state index in [1.807, 2.05) is 11.0 Å². The van der Waals surface area contributed by atoms with E-state index in [-0.39, 0.29) is 24.5 Å².